The largest absolute Gasteiger partial charge is 0.384 e. The molecule has 0 aliphatic heterocycles. The number of unbranched alkanes of at least 4 members (excludes halogenated alkanes) is 1. The highest BCUT2D eigenvalue weighted by Crippen LogP contribution is 2.17. The predicted molar refractivity (Wildman–Crippen MR) is 55.2 cm³/mol. The molecule has 3 nitrogen and oxygen atoms in total. The van der Waals surface area contributed by atoms with Gasteiger partial charge in [0.25, 0.3) is 0 Å². The summed E-state index contributed by atoms with van der Waals surface area (Å²) in [6.45, 7) is 2.14. The second-order valence-electron chi connectivity index (χ2n) is 2.84. The summed E-state index contributed by atoms with van der Waals surface area (Å²) >= 11 is 5.89. The maximum atomic E-state index is 5.89. The predicted octanol–water partition coefficient (Wildman–Crippen LogP) is 2.51. The zero-order valence-corrected chi connectivity index (χ0v) is 8.73. The number of hydrogen-bond donors (Lipinski definition) is 1. The quantitative estimate of drug-likeness (QED) is 0.758. The molecule has 1 rings (SSSR count). The zero-order valence-electron chi connectivity index (χ0n) is 7.97. The van der Waals surface area contributed by atoms with E-state index in [0.29, 0.717) is 5.15 Å². The number of aromatic nitrogens is 2. The summed E-state index contributed by atoms with van der Waals surface area (Å²) in [6, 6.07) is 0. The minimum absolute atomic E-state index is 0.503. The lowest BCUT2D eigenvalue weighted by atomic mass is 10.2. The molecule has 0 bridgehead atoms. The van der Waals surface area contributed by atoms with Crippen molar-refractivity contribution in [2.24, 2.45) is 0 Å². The number of hydrogen-bond acceptors (Lipinski definition) is 3. The van der Waals surface area contributed by atoms with E-state index in [1.165, 1.54) is 0 Å². The molecule has 0 saturated heterocycles. The van der Waals surface area contributed by atoms with Crippen molar-refractivity contribution < 1.29 is 0 Å². The van der Waals surface area contributed by atoms with E-state index in [-0.39, 0.29) is 0 Å². The Labute approximate surface area is 83.5 Å². The molecule has 0 atom stereocenters. The number of nitrogens with one attached hydrogen (secondary N) is 1. The van der Waals surface area contributed by atoms with Crippen LogP contribution in [0, 0.1) is 0 Å². The van der Waals surface area contributed by atoms with Gasteiger partial charge in [-0.3, -0.25) is 0 Å². The van der Waals surface area contributed by atoms with E-state index in [2.05, 4.69) is 22.2 Å². The highest BCUT2D eigenvalue weighted by Gasteiger charge is 2.02. The molecule has 4 heteroatoms. The summed E-state index contributed by atoms with van der Waals surface area (Å²) in [7, 11) is 1.80. The summed E-state index contributed by atoms with van der Waals surface area (Å²) in [5, 5.41) is 3.42. The van der Waals surface area contributed by atoms with Crippen molar-refractivity contribution in [3.8, 4) is 0 Å². The van der Waals surface area contributed by atoms with Gasteiger partial charge < -0.3 is 5.32 Å². The molecule has 0 saturated carbocycles. The molecule has 0 unspecified atom stereocenters. The second kappa shape index (κ2) is 5.02. The number of aryl methyl sites for hydroxylation is 1. The van der Waals surface area contributed by atoms with Crippen molar-refractivity contribution in [2.45, 2.75) is 26.2 Å². The van der Waals surface area contributed by atoms with Crippen LogP contribution in [0.2, 0.25) is 5.15 Å². The Hall–Kier alpha value is -0.830. The first-order valence-electron chi connectivity index (χ1n) is 4.47. The molecule has 0 amide bonds. The first-order chi connectivity index (χ1) is 6.27. The van der Waals surface area contributed by atoms with E-state index < -0.39 is 0 Å². The average Bonchev–Trinajstić information content (AvgIpc) is 2.15. The van der Waals surface area contributed by atoms with Crippen LogP contribution in [0.4, 0.5) is 5.69 Å². The Morgan fingerprint density at radius 2 is 2.31 bits per heavy atom. The third-order valence-corrected chi connectivity index (χ3v) is 2.10. The third-order valence-electron chi connectivity index (χ3n) is 1.82. The van der Waals surface area contributed by atoms with Crippen LogP contribution in [0.5, 0.6) is 0 Å². The van der Waals surface area contributed by atoms with Gasteiger partial charge in [0, 0.05) is 13.5 Å². The minimum Gasteiger partial charge on any atom is -0.384 e. The number of nitrogens with zero attached hydrogens (tertiary/aromatic N) is 2. The lowest BCUT2D eigenvalue weighted by Gasteiger charge is -2.03. The van der Waals surface area contributed by atoms with E-state index in [1.54, 1.807) is 13.2 Å². The van der Waals surface area contributed by atoms with Gasteiger partial charge in [-0.2, -0.15) is 0 Å². The first-order valence-corrected chi connectivity index (χ1v) is 4.85. The highest BCUT2D eigenvalue weighted by atomic mass is 35.5. The van der Waals surface area contributed by atoms with Crippen molar-refractivity contribution in [1.29, 1.82) is 0 Å². The fourth-order valence-electron chi connectivity index (χ4n) is 1.02. The molecule has 1 aromatic heterocycles. The summed E-state index contributed by atoms with van der Waals surface area (Å²) in [5.41, 5.74) is 0.780. The SMILES string of the molecule is CCCCc1ncc(NC)c(Cl)n1. The lowest BCUT2D eigenvalue weighted by molar-refractivity contribution is 0.752. The molecule has 1 aromatic rings. The Morgan fingerprint density at radius 1 is 1.54 bits per heavy atom. The van der Waals surface area contributed by atoms with Gasteiger partial charge in [-0.25, -0.2) is 9.97 Å². The van der Waals surface area contributed by atoms with Crippen LogP contribution in [0.15, 0.2) is 6.20 Å². The number of halogens is 1. The molecule has 0 fully saturated rings. The smallest absolute Gasteiger partial charge is 0.155 e. The van der Waals surface area contributed by atoms with Crippen LogP contribution >= 0.6 is 11.6 Å². The third kappa shape index (κ3) is 2.84. The summed E-state index contributed by atoms with van der Waals surface area (Å²) in [4.78, 5) is 8.36. The Kier molecular flexibility index (Phi) is 3.96. The summed E-state index contributed by atoms with van der Waals surface area (Å²) in [6.07, 6.45) is 4.88. The van der Waals surface area contributed by atoms with Crippen LogP contribution in [0.25, 0.3) is 0 Å². The normalized spacial score (nSPS) is 10.1. The molecule has 72 valence electrons. The van der Waals surface area contributed by atoms with E-state index in [1.807, 2.05) is 0 Å². The molecule has 0 radical (unpaired) electrons. The lowest BCUT2D eigenvalue weighted by Crippen LogP contribution is -1.99. The fourth-order valence-corrected chi connectivity index (χ4v) is 1.26. The minimum atomic E-state index is 0.503. The first kappa shape index (κ1) is 10.3. The standard InChI is InChI=1S/C9H14ClN3/c1-3-4-5-8-12-6-7(11-2)9(10)13-8/h6,11H,3-5H2,1-2H3. The Balaban J connectivity index is 2.71. The van der Waals surface area contributed by atoms with Crippen molar-refractivity contribution >= 4 is 17.3 Å². The zero-order chi connectivity index (χ0) is 9.68. The van der Waals surface area contributed by atoms with Gasteiger partial charge in [0.1, 0.15) is 5.82 Å². The van der Waals surface area contributed by atoms with E-state index in [0.717, 1.165) is 30.8 Å². The van der Waals surface area contributed by atoms with Crippen molar-refractivity contribution in [1.82, 2.24) is 9.97 Å². The summed E-state index contributed by atoms with van der Waals surface area (Å²) < 4.78 is 0. The second-order valence-corrected chi connectivity index (χ2v) is 3.20. The van der Waals surface area contributed by atoms with E-state index >= 15 is 0 Å². The van der Waals surface area contributed by atoms with Crippen LogP contribution in [0.3, 0.4) is 0 Å². The summed E-state index contributed by atoms with van der Waals surface area (Å²) in [5.74, 6) is 0.825. The maximum absolute atomic E-state index is 5.89. The molecular weight excluding hydrogens is 186 g/mol. The molecule has 0 aliphatic rings. The molecular formula is C9H14ClN3. The molecule has 1 N–H and O–H groups in total. The van der Waals surface area contributed by atoms with Gasteiger partial charge in [0.05, 0.1) is 11.9 Å². The molecule has 0 spiro atoms. The maximum Gasteiger partial charge on any atom is 0.155 e. The van der Waals surface area contributed by atoms with Crippen molar-refractivity contribution in [3.63, 3.8) is 0 Å². The van der Waals surface area contributed by atoms with E-state index in [4.69, 9.17) is 11.6 Å². The average molecular weight is 200 g/mol. The van der Waals surface area contributed by atoms with Crippen molar-refractivity contribution in [2.75, 3.05) is 12.4 Å². The number of rotatable bonds is 4. The van der Waals surface area contributed by atoms with Gasteiger partial charge >= 0.3 is 0 Å². The van der Waals surface area contributed by atoms with Crippen LogP contribution in [0.1, 0.15) is 25.6 Å². The monoisotopic (exact) mass is 199 g/mol. The van der Waals surface area contributed by atoms with Crippen LogP contribution < -0.4 is 5.32 Å². The topological polar surface area (TPSA) is 37.8 Å². The van der Waals surface area contributed by atoms with Gasteiger partial charge in [-0.05, 0) is 6.42 Å². The van der Waals surface area contributed by atoms with Gasteiger partial charge in [0.15, 0.2) is 5.15 Å². The van der Waals surface area contributed by atoms with E-state index in [9.17, 15) is 0 Å². The van der Waals surface area contributed by atoms with Crippen LogP contribution in [-0.4, -0.2) is 17.0 Å². The molecule has 1 heterocycles. The Morgan fingerprint density at radius 3 is 2.85 bits per heavy atom. The molecule has 13 heavy (non-hydrogen) atoms. The molecule has 0 aliphatic carbocycles. The highest BCUT2D eigenvalue weighted by molar-refractivity contribution is 6.31. The van der Waals surface area contributed by atoms with Crippen LogP contribution in [-0.2, 0) is 6.42 Å². The number of anilines is 1. The van der Waals surface area contributed by atoms with Crippen molar-refractivity contribution in [3.05, 3.63) is 17.2 Å². The van der Waals surface area contributed by atoms with Gasteiger partial charge in [0.2, 0.25) is 0 Å². The Bertz CT molecular complexity index is 276. The fraction of sp³-hybridized carbons (Fsp3) is 0.556. The van der Waals surface area contributed by atoms with Gasteiger partial charge in [-0.15, -0.1) is 0 Å². The molecule has 0 aromatic carbocycles. The van der Waals surface area contributed by atoms with Gasteiger partial charge in [-0.1, -0.05) is 24.9 Å².